The maximum absolute atomic E-state index is 9.59. The van der Waals surface area contributed by atoms with Gasteiger partial charge in [0, 0.05) is 26.4 Å². The summed E-state index contributed by atoms with van der Waals surface area (Å²) in [6.45, 7) is 9.25. The fourth-order valence-corrected chi connectivity index (χ4v) is 1.35. The Bertz CT molecular complexity index is 158. The van der Waals surface area contributed by atoms with E-state index in [0.717, 1.165) is 32.6 Å². The molecule has 0 amide bonds. The summed E-state index contributed by atoms with van der Waals surface area (Å²) in [5.74, 6) is 0. The molecule has 0 aromatic carbocycles. The van der Waals surface area contributed by atoms with Crippen molar-refractivity contribution in [3.8, 4) is 0 Å². The summed E-state index contributed by atoms with van der Waals surface area (Å²) >= 11 is 0. The Morgan fingerprint density at radius 1 is 1.00 bits per heavy atom. The molecular formula is C13H29NO4. The lowest BCUT2D eigenvalue weighted by Gasteiger charge is -2.12. The zero-order valence-corrected chi connectivity index (χ0v) is 11.8. The van der Waals surface area contributed by atoms with Crippen molar-refractivity contribution in [2.75, 3.05) is 52.7 Å². The van der Waals surface area contributed by atoms with Crippen LogP contribution in [-0.4, -0.2) is 63.9 Å². The van der Waals surface area contributed by atoms with Crippen molar-refractivity contribution in [3.63, 3.8) is 0 Å². The van der Waals surface area contributed by atoms with Crippen molar-refractivity contribution in [3.05, 3.63) is 0 Å². The molecule has 0 heterocycles. The molecule has 0 rings (SSSR count). The Kier molecular flexibility index (Phi) is 14.7. The minimum Gasteiger partial charge on any atom is -0.389 e. The second-order valence-electron chi connectivity index (χ2n) is 4.10. The molecule has 0 radical (unpaired) electrons. The Morgan fingerprint density at radius 3 is 2.50 bits per heavy atom. The van der Waals surface area contributed by atoms with Gasteiger partial charge < -0.3 is 24.6 Å². The standard InChI is InChI=1S/C13H29NO4/c1-3-7-17-8-5-6-14-11-13(15)12-18-10-9-16-4-2/h13-15H,3-12H2,1-2H3. The highest BCUT2D eigenvalue weighted by molar-refractivity contribution is 4.58. The molecule has 0 saturated heterocycles. The number of nitrogens with one attached hydrogen (secondary N) is 1. The lowest BCUT2D eigenvalue weighted by molar-refractivity contribution is 0.00639. The third kappa shape index (κ3) is 13.9. The first-order chi connectivity index (χ1) is 8.81. The van der Waals surface area contributed by atoms with Gasteiger partial charge in [-0.2, -0.15) is 0 Å². The van der Waals surface area contributed by atoms with Crippen molar-refractivity contribution in [2.24, 2.45) is 0 Å². The highest BCUT2D eigenvalue weighted by atomic mass is 16.5. The predicted octanol–water partition coefficient (Wildman–Crippen LogP) is 0.807. The Morgan fingerprint density at radius 2 is 1.78 bits per heavy atom. The van der Waals surface area contributed by atoms with Gasteiger partial charge in [-0.3, -0.25) is 0 Å². The zero-order chi connectivity index (χ0) is 13.5. The van der Waals surface area contributed by atoms with Crippen LogP contribution in [0.5, 0.6) is 0 Å². The lowest BCUT2D eigenvalue weighted by atomic mass is 10.3. The average Bonchev–Trinajstić information content (AvgIpc) is 2.37. The highest BCUT2D eigenvalue weighted by Gasteiger charge is 2.03. The average molecular weight is 263 g/mol. The van der Waals surface area contributed by atoms with Crippen LogP contribution >= 0.6 is 0 Å². The molecular weight excluding hydrogens is 234 g/mol. The van der Waals surface area contributed by atoms with Crippen molar-refractivity contribution in [1.82, 2.24) is 5.32 Å². The molecule has 0 fully saturated rings. The molecule has 110 valence electrons. The van der Waals surface area contributed by atoms with Crippen LogP contribution in [0.1, 0.15) is 26.7 Å². The van der Waals surface area contributed by atoms with Crippen LogP contribution < -0.4 is 5.32 Å². The molecule has 2 N–H and O–H groups in total. The van der Waals surface area contributed by atoms with E-state index in [1.807, 2.05) is 6.92 Å². The summed E-state index contributed by atoms with van der Waals surface area (Å²) in [5, 5.41) is 12.8. The van der Waals surface area contributed by atoms with E-state index >= 15 is 0 Å². The number of rotatable bonds is 14. The SMILES string of the molecule is CCCOCCCNCC(O)COCCOCC. The Hall–Kier alpha value is -0.200. The number of aliphatic hydroxyl groups excluding tert-OH is 1. The van der Waals surface area contributed by atoms with E-state index in [4.69, 9.17) is 14.2 Å². The number of hydrogen-bond donors (Lipinski definition) is 2. The largest absolute Gasteiger partial charge is 0.389 e. The minimum absolute atomic E-state index is 0.354. The first kappa shape index (κ1) is 17.8. The molecule has 0 aliphatic carbocycles. The van der Waals surface area contributed by atoms with Gasteiger partial charge in [0.25, 0.3) is 0 Å². The van der Waals surface area contributed by atoms with Gasteiger partial charge in [0.2, 0.25) is 0 Å². The van der Waals surface area contributed by atoms with Crippen molar-refractivity contribution >= 4 is 0 Å². The summed E-state index contributed by atoms with van der Waals surface area (Å²) < 4.78 is 15.7. The fourth-order valence-electron chi connectivity index (χ4n) is 1.35. The van der Waals surface area contributed by atoms with Crippen LogP contribution in [0.25, 0.3) is 0 Å². The molecule has 0 bridgehead atoms. The van der Waals surface area contributed by atoms with Crippen LogP contribution in [-0.2, 0) is 14.2 Å². The molecule has 5 nitrogen and oxygen atoms in total. The molecule has 18 heavy (non-hydrogen) atoms. The third-order valence-electron chi connectivity index (χ3n) is 2.26. The second kappa shape index (κ2) is 14.9. The molecule has 0 saturated carbocycles. The van der Waals surface area contributed by atoms with Crippen molar-refractivity contribution in [2.45, 2.75) is 32.8 Å². The second-order valence-corrected chi connectivity index (χ2v) is 4.10. The van der Waals surface area contributed by atoms with E-state index in [1.54, 1.807) is 0 Å². The van der Waals surface area contributed by atoms with E-state index in [0.29, 0.717) is 33.0 Å². The van der Waals surface area contributed by atoms with Gasteiger partial charge in [0.1, 0.15) is 0 Å². The highest BCUT2D eigenvalue weighted by Crippen LogP contribution is 1.87. The van der Waals surface area contributed by atoms with E-state index in [-0.39, 0.29) is 0 Å². The van der Waals surface area contributed by atoms with Gasteiger partial charge in [-0.15, -0.1) is 0 Å². The van der Waals surface area contributed by atoms with Crippen LogP contribution in [0.2, 0.25) is 0 Å². The topological polar surface area (TPSA) is 60.0 Å². The predicted molar refractivity (Wildman–Crippen MR) is 71.9 cm³/mol. The molecule has 0 aromatic heterocycles. The van der Waals surface area contributed by atoms with Crippen LogP contribution in [0.3, 0.4) is 0 Å². The van der Waals surface area contributed by atoms with Crippen molar-refractivity contribution < 1.29 is 19.3 Å². The number of hydrogen-bond acceptors (Lipinski definition) is 5. The van der Waals surface area contributed by atoms with Gasteiger partial charge in [-0.1, -0.05) is 6.92 Å². The third-order valence-corrected chi connectivity index (χ3v) is 2.26. The van der Waals surface area contributed by atoms with E-state index in [2.05, 4.69) is 12.2 Å². The molecule has 0 aliphatic heterocycles. The quantitative estimate of drug-likeness (QED) is 0.454. The molecule has 1 atom stereocenters. The first-order valence-corrected chi connectivity index (χ1v) is 6.93. The maximum Gasteiger partial charge on any atom is 0.0897 e. The van der Waals surface area contributed by atoms with Gasteiger partial charge in [0.05, 0.1) is 25.9 Å². The summed E-state index contributed by atoms with van der Waals surface area (Å²) in [4.78, 5) is 0. The zero-order valence-electron chi connectivity index (χ0n) is 11.8. The van der Waals surface area contributed by atoms with E-state index in [9.17, 15) is 5.11 Å². The molecule has 1 unspecified atom stereocenters. The Labute approximate surface area is 111 Å². The van der Waals surface area contributed by atoms with Gasteiger partial charge in [-0.25, -0.2) is 0 Å². The monoisotopic (exact) mass is 263 g/mol. The number of aliphatic hydroxyl groups is 1. The summed E-state index contributed by atoms with van der Waals surface area (Å²) in [7, 11) is 0. The summed E-state index contributed by atoms with van der Waals surface area (Å²) in [5.41, 5.74) is 0. The van der Waals surface area contributed by atoms with Crippen molar-refractivity contribution in [1.29, 1.82) is 0 Å². The van der Waals surface area contributed by atoms with E-state index in [1.165, 1.54) is 0 Å². The molecule has 0 spiro atoms. The summed E-state index contributed by atoms with van der Waals surface area (Å²) in [6, 6.07) is 0. The van der Waals surface area contributed by atoms with Crippen LogP contribution in [0.15, 0.2) is 0 Å². The molecule has 5 heteroatoms. The van der Waals surface area contributed by atoms with Crippen LogP contribution in [0, 0.1) is 0 Å². The van der Waals surface area contributed by atoms with Crippen LogP contribution in [0.4, 0.5) is 0 Å². The first-order valence-electron chi connectivity index (χ1n) is 6.93. The molecule has 0 aliphatic rings. The maximum atomic E-state index is 9.59. The van der Waals surface area contributed by atoms with Gasteiger partial charge >= 0.3 is 0 Å². The fraction of sp³-hybridized carbons (Fsp3) is 1.00. The number of ether oxygens (including phenoxy) is 3. The molecule has 0 aromatic rings. The normalized spacial score (nSPS) is 12.8. The lowest BCUT2D eigenvalue weighted by Crippen LogP contribution is -2.31. The Balaban J connectivity index is 3.09. The van der Waals surface area contributed by atoms with Gasteiger partial charge in [-0.05, 0) is 26.3 Å². The smallest absolute Gasteiger partial charge is 0.0897 e. The minimum atomic E-state index is -0.455. The van der Waals surface area contributed by atoms with E-state index < -0.39 is 6.10 Å². The summed E-state index contributed by atoms with van der Waals surface area (Å²) in [6.07, 6.45) is 1.58. The van der Waals surface area contributed by atoms with Gasteiger partial charge in [0.15, 0.2) is 0 Å².